The molecule has 2 aromatic carbocycles. The molecule has 0 aliphatic carbocycles. The molecule has 0 bridgehead atoms. The number of benzene rings is 2. The standard InChI is InChI=1S/C19H22N2O4S/c1-13-5-4-6-15(11-13)18-19(22)20-9-10-21(18)26(23,24)16-7-8-17(25-3)14(2)12-16/h4-8,11-12,18H,9-10H2,1-3H3,(H,20,22). The Morgan fingerprint density at radius 3 is 2.58 bits per heavy atom. The number of sulfonamides is 1. The van der Waals surface area contributed by atoms with Crippen molar-refractivity contribution in [1.29, 1.82) is 0 Å². The molecule has 3 rings (SSSR count). The highest BCUT2D eigenvalue weighted by Gasteiger charge is 2.39. The van der Waals surface area contributed by atoms with E-state index in [4.69, 9.17) is 4.74 Å². The first-order valence-corrected chi connectivity index (χ1v) is 9.79. The van der Waals surface area contributed by atoms with Crippen LogP contribution in [0.3, 0.4) is 0 Å². The molecular formula is C19H22N2O4S. The van der Waals surface area contributed by atoms with E-state index in [1.54, 1.807) is 32.2 Å². The van der Waals surface area contributed by atoms with Crippen molar-refractivity contribution >= 4 is 15.9 Å². The van der Waals surface area contributed by atoms with E-state index in [1.165, 1.54) is 10.4 Å². The van der Waals surface area contributed by atoms with E-state index in [2.05, 4.69) is 5.32 Å². The predicted molar refractivity (Wildman–Crippen MR) is 98.6 cm³/mol. The molecule has 1 saturated heterocycles. The van der Waals surface area contributed by atoms with Crippen LogP contribution in [0.15, 0.2) is 47.4 Å². The SMILES string of the molecule is COc1ccc(S(=O)(=O)N2CCNC(=O)C2c2cccc(C)c2)cc1C. The summed E-state index contributed by atoms with van der Waals surface area (Å²) in [5, 5.41) is 2.77. The first-order valence-electron chi connectivity index (χ1n) is 8.35. The van der Waals surface area contributed by atoms with Gasteiger partial charge < -0.3 is 10.1 Å². The van der Waals surface area contributed by atoms with Gasteiger partial charge in [-0.05, 0) is 43.2 Å². The molecule has 1 amide bonds. The molecule has 26 heavy (non-hydrogen) atoms. The third-order valence-electron chi connectivity index (χ3n) is 4.50. The van der Waals surface area contributed by atoms with Gasteiger partial charge in [0.05, 0.1) is 12.0 Å². The van der Waals surface area contributed by atoms with Crippen LogP contribution in [-0.2, 0) is 14.8 Å². The van der Waals surface area contributed by atoms with Gasteiger partial charge in [-0.25, -0.2) is 8.42 Å². The summed E-state index contributed by atoms with van der Waals surface area (Å²) < 4.78 is 33.0. The maximum Gasteiger partial charge on any atom is 0.244 e. The Hall–Kier alpha value is -2.38. The molecule has 7 heteroatoms. The maximum atomic E-state index is 13.3. The van der Waals surface area contributed by atoms with Gasteiger partial charge in [-0.1, -0.05) is 29.8 Å². The summed E-state index contributed by atoms with van der Waals surface area (Å²) in [6.45, 7) is 4.21. The van der Waals surface area contributed by atoms with Crippen molar-refractivity contribution in [2.24, 2.45) is 0 Å². The molecule has 0 spiro atoms. The number of piperazine rings is 1. The first-order chi connectivity index (χ1) is 12.3. The largest absolute Gasteiger partial charge is 0.496 e. The van der Waals surface area contributed by atoms with E-state index in [0.717, 1.165) is 11.1 Å². The smallest absolute Gasteiger partial charge is 0.244 e. The Kier molecular flexibility index (Phi) is 5.02. The van der Waals surface area contributed by atoms with Gasteiger partial charge in [0.25, 0.3) is 0 Å². The average molecular weight is 374 g/mol. The van der Waals surface area contributed by atoms with E-state index in [1.807, 2.05) is 25.1 Å². The minimum atomic E-state index is -3.84. The van der Waals surface area contributed by atoms with Gasteiger partial charge in [0.2, 0.25) is 15.9 Å². The number of rotatable bonds is 4. The number of carbonyl (C=O) groups excluding carboxylic acids is 1. The molecule has 1 aliphatic rings. The van der Waals surface area contributed by atoms with Crippen molar-refractivity contribution in [2.45, 2.75) is 24.8 Å². The normalized spacial score (nSPS) is 18.4. The fourth-order valence-corrected chi connectivity index (χ4v) is 4.87. The van der Waals surface area contributed by atoms with E-state index >= 15 is 0 Å². The molecule has 0 radical (unpaired) electrons. The summed E-state index contributed by atoms with van der Waals surface area (Å²) >= 11 is 0. The molecule has 1 aliphatic heterocycles. The fraction of sp³-hybridized carbons (Fsp3) is 0.316. The number of nitrogens with one attached hydrogen (secondary N) is 1. The van der Waals surface area contributed by atoms with Crippen molar-refractivity contribution in [3.8, 4) is 5.75 Å². The Balaban J connectivity index is 2.06. The van der Waals surface area contributed by atoms with Gasteiger partial charge in [-0.3, -0.25) is 4.79 Å². The van der Waals surface area contributed by atoms with Crippen LogP contribution >= 0.6 is 0 Å². The highest BCUT2D eigenvalue weighted by molar-refractivity contribution is 7.89. The number of hydrogen-bond donors (Lipinski definition) is 1. The molecule has 6 nitrogen and oxygen atoms in total. The van der Waals surface area contributed by atoms with E-state index in [0.29, 0.717) is 11.3 Å². The highest BCUT2D eigenvalue weighted by Crippen LogP contribution is 2.31. The second-order valence-corrected chi connectivity index (χ2v) is 8.25. The minimum Gasteiger partial charge on any atom is -0.496 e. The lowest BCUT2D eigenvalue weighted by atomic mass is 10.0. The Bertz CT molecular complexity index is 940. The number of ether oxygens (including phenoxy) is 1. The lowest BCUT2D eigenvalue weighted by Gasteiger charge is -2.34. The number of hydrogen-bond acceptors (Lipinski definition) is 4. The number of amides is 1. The van der Waals surface area contributed by atoms with Crippen molar-refractivity contribution < 1.29 is 17.9 Å². The second-order valence-electron chi connectivity index (χ2n) is 6.35. The summed E-state index contributed by atoms with van der Waals surface area (Å²) in [5.74, 6) is 0.311. The monoisotopic (exact) mass is 374 g/mol. The zero-order chi connectivity index (χ0) is 18.9. The predicted octanol–water partition coefficient (Wildman–Crippen LogP) is 2.17. The molecule has 0 aromatic heterocycles. The maximum absolute atomic E-state index is 13.3. The molecule has 1 unspecified atom stereocenters. The molecule has 2 aromatic rings. The van der Waals surface area contributed by atoms with Gasteiger partial charge >= 0.3 is 0 Å². The second kappa shape index (κ2) is 7.09. The van der Waals surface area contributed by atoms with Crippen LogP contribution in [0.5, 0.6) is 5.75 Å². The average Bonchev–Trinajstić information content (AvgIpc) is 2.61. The van der Waals surface area contributed by atoms with Crippen LogP contribution in [0.1, 0.15) is 22.7 Å². The summed E-state index contributed by atoms with van der Waals surface area (Å²) in [6.07, 6.45) is 0. The van der Waals surface area contributed by atoms with Gasteiger partial charge in [0.15, 0.2) is 0 Å². The van der Waals surface area contributed by atoms with Crippen LogP contribution < -0.4 is 10.1 Å². The molecular weight excluding hydrogens is 352 g/mol. The number of carbonyl (C=O) groups is 1. The van der Waals surface area contributed by atoms with Crippen molar-refractivity contribution in [3.63, 3.8) is 0 Å². The fourth-order valence-electron chi connectivity index (χ4n) is 3.21. The number of nitrogens with zero attached hydrogens (tertiary/aromatic N) is 1. The van der Waals surface area contributed by atoms with Gasteiger partial charge in [0, 0.05) is 13.1 Å². The summed E-state index contributed by atoms with van der Waals surface area (Å²) in [5.41, 5.74) is 2.36. The molecule has 1 N–H and O–H groups in total. The zero-order valence-electron chi connectivity index (χ0n) is 15.0. The van der Waals surface area contributed by atoms with E-state index in [-0.39, 0.29) is 23.9 Å². The van der Waals surface area contributed by atoms with Crippen molar-refractivity contribution in [2.75, 3.05) is 20.2 Å². The summed E-state index contributed by atoms with van der Waals surface area (Å²) in [6, 6.07) is 11.2. The number of aryl methyl sites for hydroxylation is 2. The molecule has 1 fully saturated rings. The molecule has 0 saturated carbocycles. The van der Waals surface area contributed by atoms with Crippen LogP contribution in [0, 0.1) is 13.8 Å². The lowest BCUT2D eigenvalue weighted by Crippen LogP contribution is -2.52. The van der Waals surface area contributed by atoms with Crippen LogP contribution in [-0.4, -0.2) is 38.8 Å². The van der Waals surface area contributed by atoms with Gasteiger partial charge in [-0.2, -0.15) is 4.31 Å². The van der Waals surface area contributed by atoms with Crippen LogP contribution in [0.4, 0.5) is 0 Å². The van der Waals surface area contributed by atoms with Crippen molar-refractivity contribution in [1.82, 2.24) is 9.62 Å². The van der Waals surface area contributed by atoms with Crippen LogP contribution in [0.2, 0.25) is 0 Å². The third-order valence-corrected chi connectivity index (χ3v) is 6.36. The Morgan fingerprint density at radius 1 is 1.15 bits per heavy atom. The van der Waals surface area contributed by atoms with E-state index in [9.17, 15) is 13.2 Å². The van der Waals surface area contributed by atoms with Gasteiger partial charge in [0.1, 0.15) is 11.8 Å². The molecule has 138 valence electrons. The first kappa shape index (κ1) is 18.4. The summed E-state index contributed by atoms with van der Waals surface area (Å²) in [4.78, 5) is 12.7. The summed E-state index contributed by atoms with van der Waals surface area (Å²) in [7, 11) is -2.29. The minimum absolute atomic E-state index is 0.156. The topological polar surface area (TPSA) is 75.7 Å². The lowest BCUT2D eigenvalue weighted by molar-refractivity contribution is -0.126. The van der Waals surface area contributed by atoms with Crippen LogP contribution in [0.25, 0.3) is 0 Å². The Morgan fingerprint density at radius 2 is 1.92 bits per heavy atom. The molecule has 1 atom stereocenters. The third kappa shape index (κ3) is 3.32. The quantitative estimate of drug-likeness (QED) is 0.890. The highest BCUT2D eigenvalue weighted by atomic mass is 32.2. The van der Waals surface area contributed by atoms with Crippen molar-refractivity contribution in [3.05, 3.63) is 59.2 Å². The Labute approximate surface area is 153 Å². The zero-order valence-corrected chi connectivity index (χ0v) is 15.8. The van der Waals surface area contributed by atoms with E-state index < -0.39 is 16.1 Å². The number of methoxy groups -OCH3 is 1. The molecule has 1 heterocycles. The van der Waals surface area contributed by atoms with Gasteiger partial charge in [-0.15, -0.1) is 0 Å².